The van der Waals surface area contributed by atoms with Crippen LogP contribution in [-0.2, 0) is 0 Å². The zero-order valence-electron chi connectivity index (χ0n) is 13.5. The van der Waals surface area contributed by atoms with E-state index in [1.165, 1.54) is 27.4 Å². The fourth-order valence-corrected chi connectivity index (χ4v) is 3.24. The van der Waals surface area contributed by atoms with Crippen LogP contribution in [0.2, 0.25) is 10.0 Å². The van der Waals surface area contributed by atoms with E-state index in [9.17, 15) is 13.6 Å². The number of hydrogen-bond donors (Lipinski definition) is 1. The lowest BCUT2D eigenvalue weighted by Crippen LogP contribution is -2.17. The Labute approximate surface area is 161 Å². The Kier molecular flexibility index (Phi) is 4.33. The van der Waals surface area contributed by atoms with Gasteiger partial charge in [-0.2, -0.15) is 0 Å². The van der Waals surface area contributed by atoms with E-state index in [0.717, 1.165) is 12.1 Å². The maximum atomic E-state index is 13.8. The summed E-state index contributed by atoms with van der Waals surface area (Å²) in [5.41, 5.74) is 0.299. The Hall–Kier alpha value is -2.90. The number of aromatic nitrogens is 3. The van der Waals surface area contributed by atoms with Crippen LogP contribution >= 0.6 is 23.2 Å². The van der Waals surface area contributed by atoms with Gasteiger partial charge in [0.1, 0.15) is 23.1 Å². The van der Waals surface area contributed by atoms with Gasteiger partial charge in [-0.25, -0.2) is 23.0 Å². The molecule has 0 amide bonds. The molecule has 1 N–H and O–H groups in total. The molecule has 0 spiro atoms. The van der Waals surface area contributed by atoms with Gasteiger partial charge in [-0.05, 0) is 30.3 Å². The summed E-state index contributed by atoms with van der Waals surface area (Å²) >= 11 is 12.4. The largest absolute Gasteiger partial charge is 0.338 e. The van der Waals surface area contributed by atoms with Gasteiger partial charge in [0.05, 0.1) is 21.8 Å². The molecular formula is C18H10Cl2F2N4O. The van der Waals surface area contributed by atoms with E-state index in [2.05, 4.69) is 10.3 Å². The normalized spacial score (nSPS) is 11.1. The Balaban J connectivity index is 1.80. The van der Waals surface area contributed by atoms with Crippen LogP contribution in [0.1, 0.15) is 0 Å². The minimum absolute atomic E-state index is 0.0594. The first kappa shape index (κ1) is 17.5. The minimum Gasteiger partial charge on any atom is -0.338 e. The van der Waals surface area contributed by atoms with Crippen LogP contribution < -0.4 is 10.9 Å². The highest BCUT2D eigenvalue weighted by atomic mass is 35.5. The number of halogens is 4. The molecule has 5 nitrogen and oxygen atoms in total. The first-order chi connectivity index (χ1) is 12.9. The number of hydrogen-bond acceptors (Lipinski definition) is 3. The van der Waals surface area contributed by atoms with Gasteiger partial charge < -0.3 is 5.32 Å². The SMILES string of the molecule is O=c1cc2nc(Nc3ccc(F)cc3F)ccn2n1-c1c(Cl)cccc1Cl. The Morgan fingerprint density at radius 1 is 1.00 bits per heavy atom. The van der Waals surface area contributed by atoms with Crippen molar-refractivity contribution in [1.29, 1.82) is 0 Å². The van der Waals surface area contributed by atoms with Crippen LogP contribution in [0.5, 0.6) is 0 Å². The molecule has 0 bridgehead atoms. The molecule has 0 saturated carbocycles. The van der Waals surface area contributed by atoms with Gasteiger partial charge in [0.2, 0.25) is 0 Å². The van der Waals surface area contributed by atoms with E-state index < -0.39 is 11.6 Å². The summed E-state index contributed by atoms with van der Waals surface area (Å²) in [6.07, 6.45) is 1.56. The molecule has 9 heteroatoms. The molecule has 2 heterocycles. The van der Waals surface area contributed by atoms with E-state index in [1.54, 1.807) is 24.4 Å². The molecule has 136 valence electrons. The van der Waals surface area contributed by atoms with Gasteiger partial charge >= 0.3 is 0 Å². The summed E-state index contributed by atoms with van der Waals surface area (Å²) in [4.78, 5) is 16.8. The number of para-hydroxylation sites is 1. The van der Waals surface area contributed by atoms with E-state index in [0.29, 0.717) is 21.4 Å². The van der Waals surface area contributed by atoms with Crippen molar-refractivity contribution in [2.24, 2.45) is 0 Å². The Morgan fingerprint density at radius 2 is 1.74 bits per heavy atom. The van der Waals surface area contributed by atoms with Crippen LogP contribution in [-0.4, -0.2) is 14.2 Å². The van der Waals surface area contributed by atoms with Crippen molar-refractivity contribution in [1.82, 2.24) is 14.2 Å². The molecule has 4 rings (SSSR count). The highest BCUT2D eigenvalue weighted by molar-refractivity contribution is 6.37. The third-order valence-electron chi connectivity index (χ3n) is 3.86. The van der Waals surface area contributed by atoms with Crippen molar-refractivity contribution in [3.63, 3.8) is 0 Å². The average Bonchev–Trinajstić information content (AvgIpc) is 2.93. The molecular weight excluding hydrogens is 397 g/mol. The first-order valence-electron chi connectivity index (χ1n) is 7.72. The Morgan fingerprint density at radius 3 is 2.44 bits per heavy atom. The molecule has 0 fully saturated rings. The highest BCUT2D eigenvalue weighted by Gasteiger charge is 2.15. The van der Waals surface area contributed by atoms with Gasteiger partial charge in [0.15, 0.2) is 5.65 Å². The zero-order chi connectivity index (χ0) is 19.1. The third kappa shape index (κ3) is 3.15. The Bertz CT molecular complexity index is 1220. The summed E-state index contributed by atoms with van der Waals surface area (Å²) in [6.45, 7) is 0. The number of rotatable bonds is 3. The number of nitrogens with zero attached hydrogens (tertiary/aromatic N) is 3. The summed E-state index contributed by atoms with van der Waals surface area (Å²) < 4.78 is 29.6. The molecule has 2 aromatic carbocycles. The molecule has 0 atom stereocenters. The second-order valence-electron chi connectivity index (χ2n) is 5.63. The number of fused-ring (bicyclic) bond motifs is 1. The van der Waals surface area contributed by atoms with Crippen molar-refractivity contribution in [3.8, 4) is 5.69 Å². The number of anilines is 2. The third-order valence-corrected chi connectivity index (χ3v) is 4.47. The molecule has 0 saturated heterocycles. The zero-order valence-corrected chi connectivity index (χ0v) is 15.0. The van der Waals surface area contributed by atoms with Crippen molar-refractivity contribution < 1.29 is 8.78 Å². The van der Waals surface area contributed by atoms with Crippen LogP contribution in [0.25, 0.3) is 11.3 Å². The maximum Gasteiger partial charge on any atom is 0.274 e. The molecule has 2 aromatic heterocycles. The second-order valence-corrected chi connectivity index (χ2v) is 6.44. The van der Waals surface area contributed by atoms with Crippen molar-refractivity contribution in [2.75, 3.05) is 5.32 Å². The number of benzene rings is 2. The van der Waals surface area contributed by atoms with Crippen LogP contribution in [0.3, 0.4) is 0 Å². The molecule has 0 unspecified atom stereocenters. The summed E-state index contributed by atoms with van der Waals surface area (Å²) in [7, 11) is 0. The fourth-order valence-electron chi connectivity index (χ4n) is 2.68. The van der Waals surface area contributed by atoms with Crippen LogP contribution in [0.15, 0.2) is 59.5 Å². The maximum absolute atomic E-state index is 13.8. The van der Waals surface area contributed by atoms with E-state index in [4.69, 9.17) is 23.2 Å². The van der Waals surface area contributed by atoms with Crippen molar-refractivity contribution in [3.05, 3.63) is 86.8 Å². The first-order valence-corrected chi connectivity index (χ1v) is 8.47. The molecule has 0 aliphatic carbocycles. The summed E-state index contributed by atoms with van der Waals surface area (Å²) in [6, 6.07) is 10.9. The molecule has 0 aliphatic rings. The van der Waals surface area contributed by atoms with E-state index >= 15 is 0 Å². The van der Waals surface area contributed by atoms with Gasteiger partial charge in [-0.1, -0.05) is 29.3 Å². The number of nitrogens with one attached hydrogen (secondary N) is 1. The van der Waals surface area contributed by atoms with Crippen LogP contribution in [0, 0.1) is 11.6 Å². The lowest BCUT2D eigenvalue weighted by Gasteiger charge is -2.11. The topological polar surface area (TPSA) is 51.3 Å². The van der Waals surface area contributed by atoms with Gasteiger partial charge in [0, 0.05) is 12.3 Å². The highest BCUT2D eigenvalue weighted by Crippen LogP contribution is 2.28. The molecule has 27 heavy (non-hydrogen) atoms. The minimum atomic E-state index is -0.755. The van der Waals surface area contributed by atoms with Crippen LogP contribution in [0.4, 0.5) is 20.3 Å². The quantitative estimate of drug-likeness (QED) is 0.530. The van der Waals surface area contributed by atoms with E-state index in [1.807, 2.05) is 0 Å². The average molecular weight is 407 g/mol. The molecule has 0 aliphatic heterocycles. The smallest absolute Gasteiger partial charge is 0.274 e. The predicted octanol–water partition coefficient (Wildman–Crippen LogP) is 4.81. The van der Waals surface area contributed by atoms with Gasteiger partial charge in [-0.3, -0.25) is 4.79 Å². The predicted molar refractivity (Wildman–Crippen MR) is 100 cm³/mol. The fraction of sp³-hybridized carbons (Fsp3) is 0. The van der Waals surface area contributed by atoms with Crippen molar-refractivity contribution >= 4 is 40.4 Å². The molecule has 0 radical (unpaired) electrons. The van der Waals surface area contributed by atoms with E-state index in [-0.39, 0.29) is 17.1 Å². The summed E-state index contributed by atoms with van der Waals surface area (Å²) in [5.74, 6) is -1.15. The second kappa shape index (κ2) is 6.68. The molecule has 4 aromatic rings. The van der Waals surface area contributed by atoms with Crippen molar-refractivity contribution in [2.45, 2.75) is 0 Å². The van der Waals surface area contributed by atoms with Gasteiger partial charge in [0.25, 0.3) is 5.56 Å². The standard InChI is InChI=1S/C18H10Cl2F2N4O/c19-11-2-1-3-12(20)18(11)26-17(27)9-16-24-15(6-7-25(16)26)23-14-5-4-10(21)8-13(14)22/h1-9H,(H,23,24). The summed E-state index contributed by atoms with van der Waals surface area (Å²) in [5, 5.41) is 3.36. The monoisotopic (exact) mass is 406 g/mol. The lowest BCUT2D eigenvalue weighted by atomic mass is 10.3. The lowest BCUT2D eigenvalue weighted by molar-refractivity contribution is 0.586. The van der Waals surface area contributed by atoms with Gasteiger partial charge in [-0.15, -0.1) is 0 Å².